The average Bonchev–Trinajstić information content (AvgIpc) is 2.96. The minimum Gasteiger partial charge on any atom is -0.481 e. The minimum absolute atomic E-state index is 0.0119. The zero-order valence-electron chi connectivity index (χ0n) is 16.8. The molecule has 0 bridgehead atoms. The second kappa shape index (κ2) is 14.4. The number of rotatable bonds is 17. The van der Waals surface area contributed by atoms with Crippen molar-refractivity contribution < 1.29 is 24.2 Å². The van der Waals surface area contributed by atoms with Crippen LogP contribution in [-0.2, 0) is 19.1 Å². The van der Waals surface area contributed by atoms with Gasteiger partial charge in [0.1, 0.15) is 0 Å². The van der Waals surface area contributed by atoms with Gasteiger partial charge in [-0.25, -0.2) is 9.59 Å². The standard InChI is InChI=1S/C22H36O5/c1-2-3-4-5-6-7-8-9-10-11-12-13-14-15-16-18(21(24)25)19-17-20(23)27-22(19)26/h17-18H,2-16H2,1H3,(H,24,25). The van der Waals surface area contributed by atoms with Gasteiger partial charge in [0.2, 0.25) is 0 Å². The van der Waals surface area contributed by atoms with Crippen molar-refractivity contribution in [3.63, 3.8) is 0 Å². The summed E-state index contributed by atoms with van der Waals surface area (Å²) in [6.45, 7) is 2.25. The van der Waals surface area contributed by atoms with Crippen molar-refractivity contribution in [3.05, 3.63) is 11.6 Å². The number of hydrogen-bond donors (Lipinski definition) is 1. The molecule has 0 radical (unpaired) electrons. The highest BCUT2D eigenvalue weighted by molar-refractivity contribution is 6.11. The summed E-state index contributed by atoms with van der Waals surface area (Å²) in [7, 11) is 0. The average molecular weight is 381 g/mol. The Morgan fingerprint density at radius 1 is 0.852 bits per heavy atom. The maximum Gasteiger partial charge on any atom is 0.343 e. The van der Waals surface area contributed by atoms with Crippen molar-refractivity contribution in [2.24, 2.45) is 5.92 Å². The van der Waals surface area contributed by atoms with Crippen molar-refractivity contribution in [1.82, 2.24) is 0 Å². The highest BCUT2D eigenvalue weighted by atomic mass is 16.6. The molecule has 154 valence electrons. The molecule has 0 aromatic carbocycles. The lowest BCUT2D eigenvalue weighted by molar-refractivity contribution is -0.152. The fraction of sp³-hybridized carbons (Fsp3) is 0.773. The summed E-state index contributed by atoms with van der Waals surface area (Å²) in [5.41, 5.74) is -0.0119. The summed E-state index contributed by atoms with van der Waals surface area (Å²) < 4.78 is 4.40. The maximum absolute atomic E-state index is 11.5. The lowest BCUT2D eigenvalue weighted by Crippen LogP contribution is -2.20. The Morgan fingerprint density at radius 2 is 1.30 bits per heavy atom. The van der Waals surface area contributed by atoms with Gasteiger partial charge in [-0.15, -0.1) is 0 Å². The molecule has 27 heavy (non-hydrogen) atoms. The predicted molar refractivity (Wildman–Crippen MR) is 105 cm³/mol. The number of carbonyl (C=O) groups is 3. The summed E-state index contributed by atoms with van der Waals surface area (Å²) in [6, 6.07) is 0. The van der Waals surface area contributed by atoms with Crippen LogP contribution in [-0.4, -0.2) is 23.0 Å². The van der Waals surface area contributed by atoms with Crippen LogP contribution in [0.15, 0.2) is 11.6 Å². The Morgan fingerprint density at radius 3 is 1.67 bits per heavy atom. The molecule has 0 aromatic heterocycles. The number of cyclic esters (lactones) is 2. The summed E-state index contributed by atoms with van der Waals surface area (Å²) in [5.74, 6) is -3.57. The number of esters is 2. The zero-order chi connectivity index (χ0) is 19.9. The molecule has 1 aliphatic rings. The highest BCUT2D eigenvalue weighted by Crippen LogP contribution is 2.24. The smallest absolute Gasteiger partial charge is 0.343 e. The summed E-state index contributed by atoms with van der Waals surface area (Å²) in [6.07, 6.45) is 18.7. The van der Waals surface area contributed by atoms with E-state index in [1.165, 1.54) is 70.6 Å². The first-order chi connectivity index (χ1) is 13.1. The van der Waals surface area contributed by atoms with Gasteiger partial charge in [0.05, 0.1) is 11.5 Å². The van der Waals surface area contributed by atoms with Crippen molar-refractivity contribution in [1.29, 1.82) is 0 Å². The molecule has 0 aromatic rings. The van der Waals surface area contributed by atoms with Crippen molar-refractivity contribution in [2.45, 2.75) is 103 Å². The van der Waals surface area contributed by atoms with E-state index in [-0.39, 0.29) is 5.57 Å². The number of carboxylic acid groups (broad SMARTS) is 1. The first-order valence-electron chi connectivity index (χ1n) is 10.8. The molecule has 0 amide bonds. The number of unbranched alkanes of at least 4 members (excludes halogenated alkanes) is 13. The second-order valence-electron chi connectivity index (χ2n) is 7.58. The third-order valence-electron chi connectivity index (χ3n) is 5.22. The van der Waals surface area contributed by atoms with E-state index in [2.05, 4.69) is 11.7 Å². The molecule has 5 nitrogen and oxygen atoms in total. The minimum atomic E-state index is -1.07. The zero-order valence-corrected chi connectivity index (χ0v) is 16.8. The summed E-state index contributed by atoms with van der Waals surface area (Å²) >= 11 is 0. The number of carbonyl (C=O) groups excluding carboxylic acids is 2. The predicted octanol–water partition coefficient (Wildman–Crippen LogP) is 5.57. The van der Waals surface area contributed by atoms with Gasteiger partial charge in [-0.05, 0) is 6.42 Å². The fourth-order valence-electron chi connectivity index (χ4n) is 3.56. The van der Waals surface area contributed by atoms with Crippen molar-refractivity contribution in [2.75, 3.05) is 0 Å². The number of aliphatic carboxylic acids is 1. The largest absolute Gasteiger partial charge is 0.481 e. The molecule has 5 heteroatoms. The summed E-state index contributed by atoms with van der Waals surface area (Å²) in [5, 5.41) is 9.28. The molecule has 0 fully saturated rings. The first-order valence-corrected chi connectivity index (χ1v) is 10.8. The quantitative estimate of drug-likeness (QED) is 0.203. The molecule has 1 atom stereocenters. The number of ether oxygens (including phenoxy) is 1. The van der Waals surface area contributed by atoms with Gasteiger partial charge in [-0.2, -0.15) is 0 Å². The molecule has 1 unspecified atom stereocenters. The van der Waals surface area contributed by atoms with Crippen LogP contribution >= 0.6 is 0 Å². The molecular formula is C22H36O5. The van der Waals surface area contributed by atoms with E-state index < -0.39 is 23.8 Å². The van der Waals surface area contributed by atoms with Crippen LogP contribution < -0.4 is 0 Å². The number of hydrogen-bond acceptors (Lipinski definition) is 4. The SMILES string of the molecule is CCCCCCCCCCCCCCCCC(C(=O)O)C1=CC(=O)OC1=O. The van der Waals surface area contributed by atoms with Gasteiger partial charge in [0, 0.05) is 6.08 Å². The van der Waals surface area contributed by atoms with Crippen molar-refractivity contribution >= 4 is 17.9 Å². The Balaban J connectivity index is 1.99. The monoisotopic (exact) mass is 380 g/mol. The molecule has 0 saturated heterocycles. The Kier molecular flexibility index (Phi) is 12.5. The molecule has 0 aliphatic carbocycles. The lowest BCUT2D eigenvalue weighted by atomic mass is 9.93. The van der Waals surface area contributed by atoms with Crippen LogP contribution in [0.1, 0.15) is 103 Å². The van der Waals surface area contributed by atoms with Gasteiger partial charge >= 0.3 is 17.9 Å². The molecule has 0 spiro atoms. The third-order valence-corrected chi connectivity index (χ3v) is 5.22. The molecule has 1 aliphatic heterocycles. The molecule has 1 N–H and O–H groups in total. The summed E-state index contributed by atoms with van der Waals surface area (Å²) in [4.78, 5) is 33.9. The van der Waals surface area contributed by atoms with E-state index in [1.54, 1.807) is 0 Å². The Labute approximate surface area is 163 Å². The van der Waals surface area contributed by atoms with Crippen LogP contribution in [0.5, 0.6) is 0 Å². The van der Waals surface area contributed by atoms with E-state index in [1.807, 2.05) is 0 Å². The van der Waals surface area contributed by atoms with Crippen LogP contribution in [0.25, 0.3) is 0 Å². The number of carboxylic acids is 1. The Hall–Kier alpha value is -1.65. The molecule has 1 heterocycles. The van der Waals surface area contributed by atoms with E-state index in [9.17, 15) is 19.5 Å². The van der Waals surface area contributed by atoms with Crippen LogP contribution in [0.3, 0.4) is 0 Å². The normalized spacial score (nSPS) is 14.9. The third kappa shape index (κ3) is 10.3. The molecule has 1 rings (SSSR count). The fourth-order valence-corrected chi connectivity index (χ4v) is 3.56. The van der Waals surface area contributed by atoms with E-state index in [4.69, 9.17) is 0 Å². The first kappa shape index (κ1) is 23.4. The van der Waals surface area contributed by atoms with Gasteiger partial charge in [-0.3, -0.25) is 4.79 Å². The van der Waals surface area contributed by atoms with Gasteiger partial charge < -0.3 is 9.84 Å². The lowest BCUT2D eigenvalue weighted by Gasteiger charge is -2.11. The second-order valence-corrected chi connectivity index (χ2v) is 7.58. The van der Waals surface area contributed by atoms with Gasteiger partial charge in [0.15, 0.2) is 0 Å². The molecule has 0 saturated carbocycles. The van der Waals surface area contributed by atoms with Gasteiger partial charge in [0.25, 0.3) is 0 Å². The van der Waals surface area contributed by atoms with Crippen LogP contribution in [0, 0.1) is 5.92 Å². The Bertz CT molecular complexity index is 495. The van der Waals surface area contributed by atoms with Crippen LogP contribution in [0.4, 0.5) is 0 Å². The highest BCUT2D eigenvalue weighted by Gasteiger charge is 2.34. The maximum atomic E-state index is 11.5. The topological polar surface area (TPSA) is 80.7 Å². The van der Waals surface area contributed by atoms with E-state index in [0.29, 0.717) is 6.42 Å². The van der Waals surface area contributed by atoms with E-state index >= 15 is 0 Å². The van der Waals surface area contributed by atoms with E-state index in [0.717, 1.165) is 25.3 Å². The van der Waals surface area contributed by atoms with Crippen LogP contribution in [0.2, 0.25) is 0 Å². The molecular weight excluding hydrogens is 344 g/mol. The van der Waals surface area contributed by atoms with Crippen molar-refractivity contribution in [3.8, 4) is 0 Å². The van der Waals surface area contributed by atoms with Gasteiger partial charge in [-0.1, -0.05) is 96.8 Å².